The van der Waals surface area contributed by atoms with Gasteiger partial charge in [0, 0.05) is 5.69 Å². The van der Waals surface area contributed by atoms with Gasteiger partial charge in [0.15, 0.2) is 0 Å². The molecule has 2 N–H and O–H groups in total. The molecule has 0 aliphatic carbocycles. The first kappa shape index (κ1) is 11.5. The van der Waals surface area contributed by atoms with Gasteiger partial charge in [-0.05, 0) is 28.0 Å². The molecule has 1 nitrogen and oxygen atoms in total. The van der Waals surface area contributed by atoms with Gasteiger partial charge in [0.25, 0.3) is 0 Å². The lowest BCUT2D eigenvalue weighted by Gasteiger charge is -2.02. The molecule has 3 aromatic rings. The summed E-state index contributed by atoms with van der Waals surface area (Å²) in [5.74, 6) is 0. The van der Waals surface area contributed by atoms with Crippen LogP contribution in [0.2, 0.25) is 0 Å². The van der Waals surface area contributed by atoms with Crippen molar-refractivity contribution in [2.24, 2.45) is 0 Å². The fraction of sp³-hybridized carbons (Fsp3) is 0. The maximum atomic E-state index is 5.95. The van der Waals surface area contributed by atoms with E-state index >= 15 is 0 Å². The van der Waals surface area contributed by atoms with Crippen LogP contribution in [0.3, 0.4) is 0 Å². The second kappa shape index (κ2) is 4.99. The number of nitrogen functional groups attached to an aromatic ring is 1. The molecule has 0 aliphatic heterocycles. The summed E-state index contributed by atoms with van der Waals surface area (Å²) in [5.41, 5.74) is 9.01. The van der Waals surface area contributed by atoms with E-state index in [4.69, 9.17) is 5.73 Å². The fourth-order valence-corrected chi connectivity index (χ4v) is 2.24. The minimum atomic E-state index is 0.805. The monoisotopic (exact) mass is 245 g/mol. The molecule has 19 heavy (non-hydrogen) atoms. The van der Waals surface area contributed by atoms with E-state index in [1.807, 2.05) is 24.3 Å². The van der Waals surface area contributed by atoms with Gasteiger partial charge in [0.1, 0.15) is 0 Å². The molecular formula is C18H15N. The largest absolute Gasteiger partial charge is 0.398 e. The number of hydrogen-bond acceptors (Lipinski definition) is 1. The van der Waals surface area contributed by atoms with Crippen LogP contribution in [0.5, 0.6) is 0 Å². The number of rotatable bonds is 2. The summed E-state index contributed by atoms with van der Waals surface area (Å²) < 4.78 is 0. The third-order valence-electron chi connectivity index (χ3n) is 3.26. The quantitative estimate of drug-likeness (QED) is 0.518. The van der Waals surface area contributed by atoms with Gasteiger partial charge in [-0.3, -0.25) is 0 Å². The van der Waals surface area contributed by atoms with Crippen LogP contribution in [0.4, 0.5) is 5.69 Å². The van der Waals surface area contributed by atoms with Crippen molar-refractivity contribution in [3.8, 4) is 0 Å². The Labute approximate surface area is 113 Å². The molecule has 1 heteroatoms. The highest BCUT2D eigenvalue weighted by atomic mass is 14.5. The summed E-state index contributed by atoms with van der Waals surface area (Å²) in [6.45, 7) is 0. The van der Waals surface area contributed by atoms with Crippen LogP contribution >= 0.6 is 0 Å². The van der Waals surface area contributed by atoms with Crippen LogP contribution in [0.15, 0.2) is 66.7 Å². The standard InChI is InChI=1S/C18H15N/c19-18-11-4-2-7-16(18)13-12-15-9-5-8-14-6-1-3-10-17(14)15/h1-13H,19H2/b13-12+. The van der Waals surface area contributed by atoms with Crippen LogP contribution in [-0.4, -0.2) is 0 Å². The van der Waals surface area contributed by atoms with E-state index in [0.29, 0.717) is 0 Å². The molecule has 0 aromatic heterocycles. The van der Waals surface area contributed by atoms with Crippen molar-refractivity contribution in [3.63, 3.8) is 0 Å². The normalized spacial score (nSPS) is 11.2. The van der Waals surface area contributed by atoms with Crippen molar-refractivity contribution >= 4 is 28.6 Å². The van der Waals surface area contributed by atoms with E-state index in [0.717, 1.165) is 11.3 Å². The Hall–Kier alpha value is -2.54. The molecule has 0 spiro atoms. The van der Waals surface area contributed by atoms with Gasteiger partial charge in [-0.15, -0.1) is 0 Å². The first-order valence-electron chi connectivity index (χ1n) is 6.35. The zero-order chi connectivity index (χ0) is 13.1. The van der Waals surface area contributed by atoms with Crippen LogP contribution < -0.4 is 5.73 Å². The maximum absolute atomic E-state index is 5.95. The number of nitrogens with two attached hydrogens (primary N) is 1. The van der Waals surface area contributed by atoms with E-state index < -0.39 is 0 Å². The smallest absolute Gasteiger partial charge is 0.0387 e. The van der Waals surface area contributed by atoms with E-state index in [1.54, 1.807) is 0 Å². The van der Waals surface area contributed by atoms with Crippen LogP contribution in [0.1, 0.15) is 11.1 Å². The topological polar surface area (TPSA) is 26.0 Å². The zero-order valence-electron chi connectivity index (χ0n) is 10.6. The van der Waals surface area contributed by atoms with E-state index in [9.17, 15) is 0 Å². The third kappa shape index (κ3) is 2.36. The minimum absolute atomic E-state index is 0.805. The lowest BCUT2D eigenvalue weighted by molar-refractivity contribution is 1.64. The molecule has 0 heterocycles. The molecular weight excluding hydrogens is 230 g/mol. The fourth-order valence-electron chi connectivity index (χ4n) is 2.24. The summed E-state index contributed by atoms with van der Waals surface area (Å²) in [6, 6.07) is 22.6. The minimum Gasteiger partial charge on any atom is -0.398 e. The predicted octanol–water partition coefficient (Wildman–Crippen LogP) is 4.59. The van der Waals surface area contributed by atoms with Gasteiger partial charge in [-0.25, -0.2) is 0 Å². The highest BCUT2D eigenvalue weighted by Gasteiger charge is 1.97. The third-order valence-corrected chi connectivity index (χ3v) is 3.26. The summed E-state index contributed by atoms with van der Waals surface area (Å²) in [5, 5.41) is 2.52. The van der Waals surface area contributed by atoms with Gasteiger partial charge in [-0.2, -0.15) is 0 Å². The number of fused-ring (bicyclic) bond motifs is 1. The molecule has 0 fully saturated rings. The molecule has 0 saturated heterocycles. The molecule has 92 valence electrons. The SMILES string of the molecule is Nc1ccccc1/C=C/c1cccc2ccccc12. The highest BCUT2D eigenvalue weighted by Crippen LogP contribution is 2.21. The van der Waals surface area contributed by atoms with Gasteiger partial charge in [-0.1, -0.05) is 72.8 Å². The Balaban J connectivity index is 2.04. The van der Waals surface area contributed by atoms with E-state index in [1.165, 1.54) is 16.3 Å². The molecule has 0 amide bonds. The summed E-state index contributed by atoms with van der Waals surface area (Å²) in [6.07, 6.45) is 4.19. The Kier molecular flexibility index (Phi) is 3.03. The van der Waals surface area contributed by atoms with Crippen molar-refractivity contribution in [1.82, 2.24) is 0 Å². The van der Waals surface area contributed by atoms with Gasteiger partial charge < -0.3 is 5.73 Å². The highest BCUT2D eigenvalue weighted by molar-refractivity contribution is 5.93. The zero-order valence-corrected chi connectivity index (χ0v) is 10.6. The first-order chi connectivity index (χ1) is 9.34. The van der Waals surface area contributed by atoms with Crippen molar-refractivity contribution in [2.75, 3.05) is 5.73 Å². The average Bonchev–Trinajstić information content (AvgIpc) is 2.46. The number of para-hydroxylation sites is 1. The molecule has 3 aromatic carbocycles. The molecule has 0 aliphatic rings. The predicted molar refractivity (Wildman–Crippen MR) is 83.7 cm³/mol. The number of anilines is 1. The van der Waals surface area contributed by atoms with Crippen molar-refractivity contribution in [2.45, 2.75) is 0 Å². The Morgan fingerprint density at radius 3 is 2.16 bits per heavy atom. The molecule has 0 unspecified atom stereocenters. The second-order valence-corrected chi connectivity index (χ2v) is 4.53. The van der Waals surface area contributed by atoms with Crippen LogP contribution in [-0.2, 0) is 0 Å². The van der Waals surface area contributed by atoms with Crippen molar-refractivity contribution in [3.05, 3.63) is 77.9 Å². The Bertz CT molecular complexity index is 736. The Morgan fingerprint density at radius 2 is 1.26 bits per heavy atom. The molecule has 0 saturated carbocycles. The van der Waals surface area contributed by atoms with Crippen LogP contribution in [0.25, 0.3) is 22.9 Å². The maximum Gasteiger partial charge on any atom is 0.0387 e. The van der Waals surface area contributed by atoms with E-state index in [2.05, 4.69) is 54.6 Å². The van der Waals surface area contributed by atoms with Gasteiger partial charge in [0.2, 0.25) is 0 Å². The first-order valence-corrected chi connectivity index (χ1v) is 6.35. The molecule has 0 radical (unpaired) electrons. The molecule has 0 atom stereocenters. The van der Waals surface area contributed by atoms with E-state index in [-0.39, 0.29) is 0 Å². The number of hydrogen-bond donors (Lipinski definition) is 1. The average molecular weight is 245 g/mol. The Morgan fingerprint density at radius 1 is 0.632 bits per heavy atom. The lowest BCUT2D eigenvalue weighted by Crippen LogP contribution is -1.87. The van der Waals surface area contributed by atoms with Crippen molar-refractivity contribution < 1.29 is 0 Å². The van der Waals surface area contributed by atoms with Crippen molar-refractivity contribution in [1.29, 1.82) is 0 Å². The summed E-state index contributed by atoms with van der Waals surface area (Å²) in [7, 11) is 0. The second-order valence-electron chi connectivity index (χ2n) is 4.53. The summed E-state index contributed by atoms with van der Waals surface area (Å²) >= 11 is 0. The molecule has 3 rings (SSSR count). The van der Waals surface area contributed by atoms with Gasteiger partial charge in [0.05, 0.1) is 0 Å². The van der Waals surface area contributed by atoms with Crippen LogP contribution in [0, 0.1) is 0 Å². The molecule has 0 bridgehead atoms. The summed E-state index contributed by atoms with van der Waals surface area (Å²) in [4.78, 5) is 0. The lowest BCUT2D eigenvalue weighted by atomic mass is 10.0. The number of benzene rings is 3. The van der Waals surface area contributed by atoms with Gasteiger partial charge >= 0.3 is 0 Å².